The third-order valence-electron chi connectivity index (χ3n) is 4.43. The number of hydrogen-bond acceptors (Lipinski definition) is 3. The van der Waals surface area contributed by atoms with Gasteiger partial charge >= 0.3 is 0 Å². The van der Waals surface area contributed by atoms with E-state index in [0.717, 1.165) is 44.4 Å². The molecule has 2 atom stereocenters. The fourth-order valence-electron chi connectivity index (χ4n) is 3.30. The van der Waals surface area contributed by atoms with Crippen LogP contribution in [0.4, 0.5) is 0 Å². The Labute approximate surface area is 126 Å². The minimum atomic E-state index is 0.153. The van der Waals surface area contributed by atoms with E-state index in [-0.39, 0.29) is 6.10 Å². The lowest BCUT2D eigenvalue weighted by atomic mass is 9.89. The zero-order valence-corrected chi connectivity index (χ0v) is 12.8. The van der Waals surface area contributed by atoms with Gasteiger partial charge in [-0.3, -0.25) is 4.90 Å². The number of nitrogens with zero attached hydrogens (tertiary/aromatic N) is 1. The van der Waals surface area contributed by atoms with Crippen LogP contribution in [0.25, 0.3) is 0 Å². The van der Waals surface area contributed by atoms with Gasteiger partial charge in [0.2, 0.25) is 0 Å². The molecule has 3 rings (SSSR count). The molecule has 0 aliphatic carbocycles. The fourth-order valence-corrected chi connectivity index (χ4v) is 3.50. The molecule has 4 heteroatoms. The summed E-state index contributed by atoms with van der Waals surface area (Å²) < 4.78 is 5.93. The molecule has 0 aromatic heterocycles. The number of rotatable bonds is 3. The minimum Gasteiger partial charge on any atom is -0.371 e. The Bertz CT molecular complexity index is 460. The third kappa shape index (κ3) is 3.34. The van der Waals surface area contributed by atoms with E-state index in [0.29, 0.717) is 5.41 Å². The highest BCUT2D eigenvalue weighted by Gasteiger charge is 2.32. The van der Waals surface area contributed by atoms with Crippen LogP contribution in [0.15, 0.2) is 24.3 Å². The van der Waals surface area contributed by atoms with Gasteiger partial charge in [-0.1, -0.05) is 30.7 Å². The Morgan fingerprint density at radius 1 is 1.50 bits per heavy atom. The number of hydrogen-bond donors (Lipinski definition) is 1. The highest BCUT2D eigenvalue weighted by atomic mass is 35.5. The van der Waals surface area contributed by atoms with Crippen molar-refractivity contribution in [2.45, 2.75) is 19.4 Å². The van der Waals surface area contributed by atoms with Crippen molar-refractivity contribution in [1.82, 2.24) is 10.2 Å². The van der Waals surface area contributed by atoms with Crippen LogP contribution >= 0.6 is 11.6 Å². The molecule has 2 unspecified atom stereocenters. The SMILES string of the molecule is CC1(CN2CCOC(c3cccc(Cl)c3)C2)CCNC1. The zero-order chi connectivity index (χ0) is 14.0. The quantitative estimate of drug-likeness (QED) is 0.928. The van der Waals surface area contributed by atoms with E-state index in [1.807, 2.05) is 18.2 Å². The monoisotopic (exact) mass is 294 g/mol. The second-order valence-electron chi connectivity index (χ2n) is 6.39. The Kier molecular flexibility index (Phi) is 4.32. The van der Waals surface area contributed by atoms with Crippen LogP contribution in [-0.4, -0.2) is 44.2 Å². The van der Waals surface area contributed by atoms with Crippen LogP contribution in [0.3, 0.4) is 0 Å². The number of nitrogens with one attached hydrogen (secondary N) is 1. The average molecular weight is 295 g/mol. The predicted octanol–water partition coefficient (Wildman–Crippen LogP) is 2.71. The molecule has 2 aliphatic rings. The normalized spacial score (nSPS) is 31.6. The third-order valence-corrected chi connectivity index (χ3v) is 4.67. The number of morpholine rings is 1. The van der Waals surface area contributed by atoms with E-state index in [9.17, 15) is 0 Å². The van der Waals surface area contributed by atoms with E-state index in [2.05, 4.69) is 23.2 Å². The van der Waals surface area contributed by atoms with Crippen LogP contribution in [0.1, 0.15) is 25.0 Å². The Morgan fingerprint density at radius 3 is 3.15 bits per heavy atom. The summed E-state index contributed by atoms with van der Waals surface area (Å²) in [5, 5.41) is 4.26. The van der Waals surface area contributed by atoms with E-state index < -0.39 is 0 Å². The molecule has 0 bridgehead atoms. The fraction of sp³-hybridized carbons (Fsp3) is 0.625. The lowest BCUT2D eigenvalue weighted by molar-refractivity contribution is -0.0400. The lowest BCUT2D eigenvalue weighted by Crippen LogP contribution is -2.44. The minimum absolute atomic E-state index is 0.153. The summed E-state index contributed by atoms with van der Waals surface area (Å²) in [5.74, 6) is 0. The summed E-state index contributed by atoms with van der Waals surface area (Å²) in [6.45, 7) is 8.63. The summed E-state index contributed by atoms with van der Waals surface area (Å²) >= 11 is 6.08. The molecule has 0 saturated carbocycles. The van der Waals surface area contributed by atoms with Crippen molar-refractivity contribution in [3.05, 3.63) is 34.9 Å². The van der Waals surface area contributed by atoms with Crippen molar-refractivity contribution < 1.29 is 4.74 Å². The van der Waals surface area contributed by atoms with Gasteiger partial charge in [0.25, 0.3) is 0 Å². The van der Waals surface area contributed by atoms with E-state index >= 15 is 0 Å². The first kappa shape index (κ1) is 14.3. The highest BCUT2D eigenvalue weighted by Crippen LogP contribution is 2.29. The Hall–Kier alpha value is -0.610. The molecule has 110 valence electrons. The maximum Gasteiger partial charge on any atom is 0.0952 e. The van der Waals surface area contributed by atoms with Gasteiger partial charge in [-0.25, -0.2) is 0 Å². The molecule has 0 radical (unpaired) electrons. The molecule has 2 saturated heterocycles. The molecule has 2 aliphatic heterocycles. The second kappa shape index (κ2) is 6.02. The number of benzene rings is 1. The standard InChI is InChI=1S/C16H23ClN2O/c1-16(5-6-18-11-16)12-19-7-8-20-15(10-19)13-3-2-4-14(17)9-13/h2-4,9,15,18H,5-8,10-12H2,1H3. The van der Waals surface area contributed by atoms with Crippen molar-refractivity contribution in [1.29, 1.82) is 0 Å². The molecule has 2 heterocycles. The first-order valence-electron chi connectivity index (χ1n) is 7.45. The van der Waals surface area contributed by atoms with Gasteiger partial charge in [0.05, 0.1) is 12.7 Å². The maximum absolute atomic E-state index is 6.08. The molecule has 0 amide bonds. The van der Waals surface area contributed by atoms with Gasteiger partial charge in [0, 0.05) is 31.2 Å². The van der Waals surface area contributed by atoms with Gasteiger partial charge in [-0.2, -0.15) is 0 Å². The van der Waals surface area contributed by atoms with Crippen molar-refractivity contribution in [3.63, 3.8) is 0 Å². The Morgan fingerprint density at radius 2 is 2.40 bits per heavy atom. The van der Waals surface area contributed by atoms with Crippen LogP contribution in [-0.2, 0) is 4.74 Å². The van der Waals surface area contributed by atoms with Crippen LogP contribution in [0.2, 0.25) is 5.02 Å². The topological polar surface area (TPSA) is 24.5 Å². The van der Waals surface area contributed by atoms with Gasteiger partial charge < -0.3 is 10.1 Å². The highest BCUT2D eigenvalue weighted by molar-refractivity contribution is 6.30. The van der Waals surface area contributed by atoms with E-state index in [1.165, 1.54) is 12.0 Å². The smallest absolute Gasteiger partial charge is 0.0952 e. The zero-order valence-electron chi connectivity index (χ0n) is 12.1. The molecule has 20 heavy (non-hydrogen) atoms. The average Bonchev–Trinajstić information content (AvgIpc) is 2.85. The van der Waals surface area contributed by atoms with E-state index in [1.54, 1.807) is 0 Å². The van der Waals surface area contributed by atoms with Gasteiger partial charge in [0.15, 0.2) is 0 Å². The molecular weight excluding hydrogens is 272 g/mol. The van der Waals surface area contributed by atoms with Crippen molar-refractivity contribution in [2.75, 3.05) is 39.3 Å². The van der Waals surface area contributed by atoms with Gasteiger partial charge in [-0.05, 0) is 36.1 Å². The summed E-state index contributed by atoms with van der Waals surface area (Å²) in [6.07, 6.45) is 1.42. The second-order valence-corrected chi connectivity index (χ2v) is 6.82. The lowest BCUT2D eigenvalue weighted by Gasteiger charge is -2.37. The maximum atomic E-state index is 6.08. The molecule has 1 aromatic carbocycles. The number of ether oxygens (including phenoxy) is 1. The molecule has 3 nitrogen and oxygen atoms in total. The summed E-state index contributed by atoms with van der Waals surface area (Å²) in [7, 11) is 0. The summed E-state index contributed by atoms with van der Waals surface area (Å²) in [5.41, 5.74) is 1.60. The summed E-state index contributed by atoms with van der Waals surface area (Å²) in [6, 6.07) is 8.05. The largest absolute Gasteiger partial charge is 0.371 e. The molecule has 1 aromatic rings. The van der Waals surface area contributed by atoms with Crippen molar-refractivity contribution >= 4 is 11.6 Å². The number of halogens is 1. The molecular formula is C16H23ClN2O. The van der Waals surface area contributed by atoms with Crippen LogP contribution in [0.5, 0.6) is 0 Å². The Balaban J connectivity index is 1.64. The first-order chi connectivity index (χ1) is 9.65. The predicted molar refractivity (Wildman–Crippen MR) is 82.2 cm³/mol. The molecule has 0 spiro atoms. The summed E-state index contributed by atoms with van der Waals surface area (Å²) in [4.78, 5) is 2.54. The van der Waals surface area contributed by atoms with Crippen molar-refractivity contribution in [2.24, 2.45) is 5.41 Å². The van der Waals surface area contributed by atoms with Crippen LogP contribution < -0.4 is 5.32 Å². The van der Waals surface area contributed by atoms with Crippen LogP contribution in [0, 0.1) is 5.41 Å². The van der Waals surface area contributed by atoms with Gasteiger partial charge in [0.1, 0.15) is 0 Å². The molecule has 1 N–H and O–H groups in total. The molecule has 2 fully saturated rings. The first-order valence-corrected chi connectivity index (χ1v) is 7.83. The van der Waals surface area contributed by atoms with Crippen molar-refractivity contribution in [3.8, 4) is 0 Å². The van der Waals surface area contributed by atoms with Gasteiger partial charge in [-0.15, -0.1) is 0 Å². The van der Waals surface area contributed by atoms with E-state index in [4.69, 9.17) is 16.3 Å².